The first kappa shape index (κ1) is 11.8. The van der Waals surface area contributed by atoms with Gasteiger partial charge in [0.05, 0.1) is 11.3 Å². The normalized spacial score (nSPS) is 10.3. The van der Waals surface area contributed by atoms with Gasteiger partial charge in [0, 0.05) is 4.47 Å². The molecule has 1 heterocycles. The van der Waals surface area contributed by atoms with Crippen LogP contribution in [0.3, 0.4) is 0 Å². The van der Waals surface area contributed by atoms with Gasteiger partial charge >= 0.3 is 6.01 Å². The molecule has 0 unspecified atom stereocenters. The smallest absolute Gasteiger partial charge is 0.301 e. The van der Waals surface area contributed by atoms with Crippen LogP contribution >= 0.6 is 15.9 Å². The predicted octanol–water partition coefficient (Wildman–Crippen LogP) is 3.14. The minimum Gasteiger partial charge on any atom is -0.432 e. The van der Waals surface area contributed by atoms with Crippen molar-refractivity contribution in [3.05, 3.63) is 46.0 Å². The molecule has 0 atom stereocenters. The summed E-state index contributed by atoms with van der Waals surface area (Å²) in [7, 11) is 0. The van der Waals surface area contributed by atoms with Crippen LogP contribution in [-0.2, 0) is 0 Å². The molecule has 17 heavy (non-hydrogen) atoms. The Morgan fingerprint density at radius 1 is 1.53 bits per heavy atom. The maximum absolute atomic E-state index is 13.5. The molecule has 0 saturated carbocycles. The number of carbonyl (C=O) groups excluding carboxylic acids is 1. The van der Waals surface area contributed by atoms with Crippen LogP contribution in [0.1, 0.15) is 16.1 Å². The van der Waals surface area contributed by atoms with E-state index in [1.807, 2.05) is 0 Å². The monoisotopic (exact) mass is 298 g/mol. The minimum absolute atomic E-state index is 0.0508. The second-order valence-corrected chi connectivity index (χ2v) is 4.29. The molecule has 0 radical (unpaired) electrons. The lowest BCUT2D eigenvalue weighted by molar-refractivity contribution is 0.102. The Balaban J connectivity index is 2.20. The average molecular weight is 299 g/mol. The summed E-state index contributed by atoms with van der Waals surface area (Å²) in [6.45, 7) is 1.72. The average Bonchev–Trinajstić information content (AvgIpc) is 2.63. The van der Waals surface area contributed by atoms with Crippen molar-refractivity contribution in [2.45, 2.75) is 6.92 Å². The molecule has 1 aromatic heterocycles. The van der Waals surface area contributed by atoms with Crippen LogP contribution in [-0.4, -0.2) is 10.9 Å². The van der Waals surface area contributed by atoms with Crippen molar-refractivity contribution in [2.24, 2.45) is 0 Å². The second-order valence-electron chi connectivity index (χ2n) is 3.37. The quantitative estimate of drug-likeness (QED) is 0.927. The van der Waals surface area contributed by atoms with Gasteiger partial charge in [0.25, 0.3) is 5.91 Å². The van der Waals surface area contributed by atoms with E-state index in [9.17, 15) is 9.18 Å². The highest BCUT2D eigenvalue weighted by Crippen LogP contribution is 2.16. The van der Waals surface area contributed by atoms with Crippen LogP contribution in [0.4, 0.5) is 10.4 Å². The molecule has 2 aromatic rings. The zero-order valence-electron chi connectivity index (χ0n) is 8.83. The molecule has 6 heteroatoms. The molecule has 2 rings (SSSR count). The fourth-order valence-corrected chi connectivity index (χ4v) is 1.58. The number of amides is 1. The lowest BCUT2D eigenvalue weighted by Gasteiger charge is -2.02. The molecular formula is C11H8BrFN2O2. The molecular weight excluding hydrogens is 291 g/mol. The number of hydrogen-bond donors (Lipinski definition) is 1. The van der Waals surface area contributed by atoms with E-state index < -0.39 is 11.7 Å². The van der Waals surface area contributed by atoms with Gasteiger partial charge in [-0.15, -0.1) is 0 Å². The van der Waals surface area contributed by atoms with Gasteiger partial charge in [-0.25, -0.2) is 4.39 Å². The van der Waals surface area contributed by atoms with E-state index in [1.54, 1.807) is 13.0 Å². The first-order chi connectivity index (χ1) is 8.06. The van der Waals surface area contributed by atoms with Crippen LogP contribution in [0, 0.1) is 12.7 Å². The maximum atomic E-state index is 13.5. The summed E-state index contributed by atoms with van der Waals surface area (Å²) in [4.78, 5) is 15.6. The number of hydrogen-bond acceptors (Lipinski definition) is 3. The van der Waals surface area contributed by atoms with Crippen LogP contribution in [0.2, 0.25) is 0 Å². The van der Waals surface area contributed by atoms with Gasteiger partial charge in [0.1, 0.15) is 12.1 Å². The SMILES string of the molecule is Cc1coc(NC(=O)c2ccc(Br)cc2F)n1. The Bertz CT molecular complexity index is 568. The highest BCUT2D eigenvalue weighted by Gasteiger charge is 2.14. The number of aromatic nitrogens is 1. The van der Waals surface area contributed by atoms with E-state index in [0.717, 1.165) is 0 Å². The second kappa shape index (κ2) is 4.67. The predicted molar refractivity (Wildman–Crippen MR) is 63.3 cm³/mol. The summed E-state index contributed by atoms with van der Waals surface area (Å²) in [5.74, 6) is -1.21. The Labute approximate surface area is 105 Å². The largest absolute Gasteiger partial charge is 0.432 e. The van der Waals surface area contributed by atoms with Gasteiger partial charge in [0.2, 0.25) is 0 Å². The van der Waals surface area contributed by atoms with Crippen molar-refractivity contribution in [1.29, 1.82) is 0 Å². The molecule has 0 saturated heterocycles. The summed E-state index contributed by atoms with van der Waals surface area (Å²) in [6.07, 6.45) is 1.40. The van der Waals surface area contributed by atoms with Gasteiger partial charge in [-0.1, -0.05) is 15.9 Å². The fraction of sp³-hybridized carbons (Fsp3) is 0.0909. The maximum Gasteiger partial charge on any atom is 0.301 e. The number of halogens is 2. The number of oxazole rings is 1. The van der Waals surface area contributed by atoms with Gasteiger partial charge < -0.3 is 4.42 Å². The Kier molecular flexibility index (Phi) is 3.23. The third kappa shape index (κ3) is 2.71. The van der Waals surface area contributed by atoms with E-state index in [1.165, 1.54) is 18.4 Å². The van der Waals surface area contributed by atoms with Crippen molar-refractivity contribution in [1.82, 2.24) is 4.98 Å². The van der Waals surface area contributed by atoms with Crippen molar-refractivity contribution in [3.8, 4) is 0 Å². The summed E-state index contributed by atoms with van der Waals surface area (Å²) >= 11 is 3.11. The van der Waals surface area contributed by atoms with Crippen molar-refractivity contribution >= 4 is 27.9 Å². The lowest BCUT2D eigenvalue weighted by Crippen LogP contribution is -2.13. The van der Waals surface area contributed by atoms with Crippen molar-refractivity contribution in [2.75, 3.05) is 5.32 Å². The van der Waals surface area contributed by atoms with E-state index >= 15 is 0 Å². The zero-order chi connectivity index (χ0) is 12.4. The first-order valence-electron chi connectivity index (χ1n) is 4.75. The van der Waals surface area contributed by atoms with Crippen LogP contribution in [0.15, 0.2) is 33.4 Å². The highest BCUT2D eigenvalue weighted by molar-refractivity contribution is 9.10. The molecule has 0 aliphatic rings. The number of rotatable bonds is 2. The van der Waals surface area contributed by atoms with Gasteiger partial charge in [-0.05, 0) is 25.1 Å². The molecule has 0 fully saturated rings. The molecule has 4 nitrogen and oxygen atoms in total. The molecule has 0 bridgehead atoms. The standard InChI is InChI=1S/C11H8BrFN2O2/c1-6-5-17-11(14-6)15-10(16)8-3-2-7(12)4-9(8)13/h2-5H,1H3,(H,14,15,16). The van der Waals surface area contributed by atoms with E-state index in [2.05, 4.69) is 26.2 Å². The molecule has 1 N–H and O–H groups in total. The Morgan fingerprint density at radius 3 is 2.88 bits per heavy atom. The number of benzene rings is 1. The van der Waals surface area contributed by atoms with Gasteiger partial charge in [-0.2, -0.15) is 4.98 Å². The van der Waals surface area contributed by atoms with Crippen molar-refractivity contribution < 1.29 is 13.6 Å². The molecule has 0 aliphatic carbocycles. The highest BCUT2D eigenvalue weighted by atomic mass is 79.9. The third-order valence-electron chi connectivity index (χ3n) is 2.02. The van der Waals surface area contributed by atoms with Crippen molar-refractivity contribution in [3.63, 3.8) is 0 Å². The van der Waals surface area contributed by atoms with E-state index in [0.29, 0.717) is 10.2 Å². The van der Waals surface area contributed by atoms with Crippen LogP contribution in [0.5, 0.6) is 0 Å². The summed E-state index contributed by atoms with van der Waals surface area (Å²) in [5, 5.41) is 2.37. The van der Waals surface area contributed by atoms with Crippen LogP contribution < -0.4 is 5.32 Å². The number of aryl methyl sites for hydroxylation is 1. The fourth-order valence-electron chi connectivity index (χ4n) is 1.25. The summed E-state index contributed by atoms with van der Waals surface area (Å²) in [6, 6.07) is 4.23. The Hall–Kier alpha value is -1.69. The first-order valence-corrected chi connectivity index (χ1v) is 5.54. The number of carbonyl (C=O) groups is 1. The van der Waals surface area contributed by atoms with Crippen LogP contribution in [0.25, 0.3) is 0 Å². The minimum atomic E-state index is -0.611. The third-order valence-corrected chi connectivity index (χ3v) is 2.51. The zero-order valence-corrected chi connectivity index (χ0v) is 10.4. The topological polar surface area (TPSA) is 55.1 Å². The molecule has 0 aliphatic heterocycles. The molecule has 1 amide bonds. The molecule has 1 aromatic carbocycles. The summed E-state index contributed by atoms with van der Waals surface area (Å²) < 4.78 is 19.0. The van der Waals surface area contributed by atoms with Gasteiger partial charge in [-0.3, -0.25) is 10.1 Å². The van der Waals surface area contributed by atoms with E-state index in [-0.39, 0.29) is 11.6 Å². The number of anilines is 1. The molecule has 88 valence electrons. The van der Waals surface area contributed by atoms with Gasteiger partial charge in [0.15, 0.2) is 0 Å². The summed E-state index contributed by atoms with van der Waals surface area (Å²) in [5.41, 5.74) is 0.570. The number of nitrogens with zero attached hydrogens (tertiary/aromatic N) is 1. The van der Waals surface area contributed by atoms with E-state index in [4.69, 9.17) is 4.42 Å². The number of nitrogens with one attached hydrogen (secondary N) is 1. The Morgan fingerprint density at radius 2 is 2.29 bits per heavy atom. The molecule has 0 spiro atoms. The lowest BCUT2D eigenvalue weighted by atomic mass is 10.2.